The van der Waals surface area contributed by atoms with E-state index in [2.05, 4.69) is 4.89 Å². The summed E-state index contributed by atoms with van der Waals surface area (Å²) in [6.45, 7) is 5.20. The first kappa shape index (κ1) is 15.2. The number of halogens is 1. The van der Waals surface area contributed by atoms with Gasteiger partial charge < -0.3 is 4.74 Å². The third-order valence-electron chi connectivity index (χ3n) is 1.89. The van der Waals surface area contributed by atoms with E-state index in [1.165, 1.54) is 25.3 Å². The van der Waals surface area contributed by atoms with Gasteiger partial charge in [0.2, 0.25) is 0 Å². The molecule has 0 aliphatic carbocycles. The van der Waals surface area contributed by atoms with Crippen LogP contribution in [0.2, 0.25) is 5.02 Å². The van der Waals surface area contributed by atoms with Crippen LogP contribution in [0.15, 0.2) is 23.1 Å². The van der Waals surface area contributed by atoms with E-state index in [-0.39, 0.29) is 9.92 Å². The largest absolute Gasteiger partial charge is 0.495 e. The zero-order valence-electron chi connectivity index (χ0n) is 10.7. The summed E-state index contributed by atoms with van der Waals surface area (Å²) in [6.07, 6.45) is 0. The SMILES string of the molecule is COc1ccc(S(=O)(=O)NOC(C)(C)C)cc1Cl. The number of hydrogen-bond acceptors (Lipinski definition) is 4. The molecule has 0 bridgehead atoms. The Balaban J connectivity index is 2.96. The molecule has 18 heavy (non-hydrogen) atoms. The Morgan fingerprint density at radius 2 is 1.89 bits per heavy atom. The van der Waals surface area contributed by atoms with Crippen LogP contribution in [0, 0.1) is 0 Å². The smallest absolute Gasteiger partial charge is 0.262 e. The Hall–Kier alpha value is -0.820. The van der Waals surface area contributed by atoms with Gasteiger partial charge in [0.25, 0.3) is 10.0 Å². The molecule has 0 aromatic heterocycles. The molecular weight excluding hydrogens is 278 g/mol. The zero-order valence-corrected chi connectivity index (χ0v) is 12.2. The molecule has 1 aromatic carbocycles. The molecule has 0 aliphatic rings. The van der Waals surface area contributed by atoms with E-state index >= 15 is 0 Å². The van der Waals surface area contributed by atoms with Crippen molar-refractivity contribution in [1.82, 2.24) is 4.89 Å². The molecule has 0 amide bonds. The molecule has 102 valence electrons. The third-order valence-corrected chi connectivity index (χ3v) is 3.36. The van der Waals surface area contributed by atoms with E-state index < -0.39 is 15.6 Å². The van der Waals surface area contributed by atoms with Crippen molar-refractivity contribution in [3.05, 3.63) is 23.2 Å². The van der Waals surface area contributed by atoms with Crippen molar-refractivity contribution in [3.8, 4) is 5.75 Å². The number of benzene rings is 1. The molecule has 0 aliphatic heterocycles. The summed E-state index contributed by atoms with van der Waals surface area (Å²) in [6, 6.07) is 4.17. The van der Waals surface area contributed by atoms with Gasteiger partial charge in [0.15, 0.2) is 0 Å². The second-order valence-electron chi connectivity index (χ2n) is 4.60. The second-order valence-corrected chi connectivity index (χ2v) is 6.65. The monoisotopic (exact) mass is 293 g/mol. The fourth-order valence-electron chi connectivity index (χ4n) is 1.04. The highest BCUT2D eigenvalue weighted by molar-refractivity contribution is 7.89. The maximum Gasteiger partial charge on any atom is 0.262 e. The second kappa shape index (κ2) is 5.44. The molecule has 7 heteroatoms. The van der Waals surface area contributed by atoms with Crippen molar-refractivity contribution in [1.29, 1.82) is 0 Å². The van der Waals surface area contributed by atoms with Crippen molar-refractivity contribution < 1.29 is 18.0 Å². The molecule has 0 radical (unpaired) electrons. The first-order valence-electron chi connectivity index (χ1n) is 5.19. The van der Waals surface area contributed by atoms with Gasteiger partial charge in [-0.2, -0.15) is 0 Å². The van der Waals surface area contributed by atoms with Crippen LogP contribution < -0.4 is 9.62 Å². The lowest BCUT2D eigenvalue weighted by molar-refractivity contribution is -0.0357. The van der Waals surface area contributed by atoms with Gasteiger partial charge in [-0.05, 0) is 39.0 Å². The highest BCUT2D eigenvalue weighted by atomic mass is 35.5. The summed E-state index contributed by atoms with van der Waals surface area (Å²) in [5.74, 6) is 0.410. The van der Waals surface area contributed by atoms with Crippen LogP contribution in [0.1, 0.15) is 20.8 Å². The van der Waals surface area contributed by atoms with Crippen LogP contribution in [0.4, 0.5) is 0 Å². The van der Waals surface area contributed by atoms with Gasteiger partial charge in [-0.15, -0.1) is 0 Å². The van der Waals surface area contributed by atoms with E-state index in [0.29, 0.717) is 5.75 Å². The van der Waals surface area contributed by atoms with Crippen molar-refractivity contribution in [2.24, 2.45) is 0 Å². The Bertz CT molecular complexity index is 522. The van der Waals surface area contributed by atoms with Crippen LogP contribution in [0.3, 0.4) is 0 Å². The van der Waals surface area contributed by atoms with Crippen molar-refractivity contribution in [2.75, 3.05) is 7.11 Å². The topological polar surface area (TPSA) is 64.6 Å². The van der Waals surface area contributed by atoms with E-state index in [1.54, 1.807) is 20.8 Å². The molecule has 0 atom stereocenters. The number of hydrogen-bond donors (Lipinski definition) is 1. The number of rotatable bonds is 4. The van der Waals surface area contributed by atoms with Crippen molar-refractivity contribution in [2.45, 2.75) is 31.3 Å². The summed E-state index contributed by atoms with van der Waals surface area (Å²) >= 11 is 5.87. The molecule has 1 rings (SSSR count). The van der Waals surface area contributed by atoms with Gasteiger partial charge in [0.05, 0.1) is 22.6 Å². The minimum Gasteiger partial charge on any atom is -0.495 e. The minimum absolute atomic E-state index is 0.0116. The van der Waals surface area contributed by atoms with E-state index in [0.717, 1.165) is 0 Å². The number of nitrogens with one attached hydrogen (secondary N) is 1. The lowest BCUT2D eigenvalue weighted by Crippen LogP contribution is -2.33. The molecule has 1 N–H and O–H groups in total. The number of methoxy groups -OCH3 is 1. The maximum absolute atomic E-state index is 11.9. The molecule has 0 saturated heterocycles. The van der Waals surface area contributed by atoms with Crippen LogP contribution >= 0.6 is 11.6 Å². The van der Waals surface area contributed by atoms with Crippen molar-refractivity contribution >= 4 is 21.6 Å². The molecule has 5 nitrogen and oxygen atoms in total. The van der Waals surface area contributed by atoms with Crippen molar-refractivity contribution in [3.63, 3.8) is 0 Å². The van der Waals surface area contributed by atoms with Gasteiger partial charge >= 0.3 is 0 Å². The average molecular weight is 294 g/mol. The lowest BCUT2D eigenvalue weighted by Gasteiger charge is -2.19. The molecule has 0 unspecified atom stereocenters. The van der Waals surface area contributed by atoms with Gasteiger partial charge in [-0.3, -0.25) is 4.84 Å². The average Bonchev–Trinajstić information content (AvgIpc) is 2.25. The highest BCUT2D eigenvalue weighted by Crippen LogP contribution is 2.26. The van der Waals surface area contributed by atoms with Crippen LogP contribution in [-0.2, 0) is 14.9 Å². The predicted octanol–water partition coefficient (Wildman–Crippen LogP) is 2.36. The molecule has 1 aromatic rings. The quantitative estimate of drug-likeness (QED) is 0.866. The standard InChI is InChI=1S/C11H16ClNO4S/c1-11(2,3)17-13-18(14,15)8-5-6-10(16-4)9(12)7-8/h5-7,13H,1-4H3. The zero-order chi connectivity index (χ0) is 14.0. The maximum atomic E-state index is 11.9. The van der Waals surface area contributed by atoms with Gasteiger partial charge in [0, 0.05) is 0 Å². The molecule has 0 spiro atoms. The summed E-state index contributed by atoms with van der Waals surface area (Å²) in [5.41, 5.74) is -0.622. The third kappa shape index (κ3) is 4.13. The molecular formula is C11H16ClNO4S. The molecule has 0 saturated carbocycles. The minimum atomic E-state index is -3.75. The Labute approximate surface area is 112 Å². The fraction of sp³-hybridized carbons (Fsp3) is 0.455. The first-order chi connectivity index (χ1) is 8.15. The van der Waals surface area contributed by atoms with E-state index in [1.807, 2.05) is 0 Å². The number of sulfonamides is 1. The van der Waals surface area contributed by atoms with Gasteiger partial charge in [-0.25, -0.2) is 8.42 Å². The van der Waals surface area contributed by atoms with Crippen LogP contribution in [0.25, 0.3) is 0 Å². The van der Waals surface area contributed by atoms with Gasteiger partial charge in [-0.1, -0.05) is 16.5 Å². The van der Waals surface area contributed by atoms with E-state index in [4.69, 9.17) is 21.2 Å². The molecule has 0 heterocycles. The lowest BCUT2D eigenvalue weighted by atomic mass is 10.2. The predicted molar refractivity (Wildman–Crippen MR) is 69.2 cm³/mol. The number of ether oxygens (including phenoxy) is 1. The fourth-order valence-corrected chi connectivity index (χ4v) is 2.34. The summed E-state index contributed by atoms with van der Waals surface area (Å²) < 4.78 is 28.7. The van der Waals surface area contributed by atoms with Crippen LogP contribution in [-0.4, -0.2) is 21.1 Å². The first-order valence-corrected chi connectivity index (χ1v) is 7.05. The van der Waals surface area contributed by atoms with Crippen LogP contribution in [0.5, 0.6) is 5.75 Å². The summed E-state index contributed by atoms with van der Waals surface area (Å²) in [4.78, 5) is 7.10. The Morgan fingerprint density at radius 1 is 1.28 bits per heavy atom. The molecule has 0 fully saturated rings. The van der Waals surface area contributed by atoms with E-state index in [9.17, 15) is 8.42 Å². The highest BCUT2D eigenvalue weighted by Gasteiger charge is 2.20. The Kier molecular flexibility index (Phi) is 4.61. The summed E-state index contributed by atoms with van der Waals surface area (Å²) in [7, 11) is -2.30. The summed E-state index contributed by atoms with van der Waals surface area (Å²) in [5, 5.41) is 0.219. The normalized spacial score (nSPS) is 12.5. The Morgan fingerprint density at radius 3 is 2.33 bits per heavy atom. The van der Waals surface area contributed by atoms with Gasteiger partial charge in [0.1, 0.15) is 5.75 Å².